The minimum atomic E-state index is 0.0947. The van der Waals surface area contributed by atoms with Crippen LogP contribution in [-0.4, -0.2) is 12.6 Å². The van der Waals surface area contributed by atoms with Crippen LogP contribution in [0.15, 0.2) is 24.3 Å². The van der Waals surface area contributed by atoms with E-state index in [4.69, 9.17) is 10.5 Å². The molecule has 17 heavy (non-hydrogen) atoms. The molecule has 1 aromatic carbocycles. The minimum Gasteiger partial charge on any atom is -0.492 e. The summed E-state index contributed by atoms with van der Waals surface area (Å²) in [6, 6.07) is 8.38. The largest absolute Gasteiger partial charge is 0.492 e. The van der Waals surface area contributed by atoms with Gasteiger partial charge in [0.2, 0.25) is 0 Å². The first-order chi connectivity index (χ1) is 7.80. The van der Waals surface area contributed by atoms with Crippen LogP contribution < -0.4 is 10.5 Å². The lowest BCUT2D eigenvalue weighted by Crippen LogP contribution is -2.33. The van der Waals surface area contributed by atoms with E-state index in [1.165, 1.54) is 5.56 Å². The summed E-state index contributed by atoms with van der Waals surface area (Å²) in [5.74, 6) is 1.35. The molecular weight excluding hydrogens is 210 g/mol. The predicted octanol–water partition coefficient (Wildman–Crippen LogP) is 3.35. The second kappa shape index (κ2) is 5.54. The molecule has 96 valence electrons. The molecule has 0 aliphatic carbocycles. The molecule has 0 bridgehead atoms. The number of hydrogen-bond acceptors (Lipinski definition) is 2. The zero-order valence-electron chi connectivity index (χ0n) is 11.7. The van der Waals surface area contributed by atoms with Crippen molar-refractivity contribution in [2.75, 3.05) is 6.61 Å². The molecule has 0 saturated carbocycles. The van der Waals surface area contributed by atoms with Crippen LogP contribution in [0.3, 0.4) is 0 Å². The van der Waals surface area contributed by atoms with Gasteiger partial charge in [-0.1, -0.05) is 46.8 Å². The third kappa shape index (κ3) is 4.39. The third-order valence-corrected chi connectivity index (χ3v) is 3.02. The maximum Gasteiger partial charge on any atom is 0.119 e. The molecule has 1 unspecified atom stereocenters. The fourth-order valence-corrected chi connectivity index (χ4v) is 1.44. The van der Waals surface area contributed by atoms with E-state index in [0.29, 0.717) is 12.5 Å². The Morgan fingerprint density at radius 2 is 1.65 bits per heavy atom. The molecule has 0 radical (unpaired) electrons. The summed E-state index contributed by atoms with van der Waals surface area (Å²) in [7, 11) is 0. The van der Waals surface area contributed by atoms with Crippen molar-refractivity contribution >= 4 is 0 Å². The van der Waals surface area contributed by atoms with Crippen molar-refractivity contribution in [3.05, 3.63) is 29.8 Å². The molecule has 0 fully saturated rings. The van der Waals surface area contributed by atoms with E-state index in [9.17, 15) is 0 Å². The van der Waals surface area contributed by atoms with Crippen molar-refractivity contribution in [1.82, 2.24) is 0 Å². The van der Waals surface area contributed by atoms with Crippen LogP contribution in [0.4, 0.5) is 0 Å². The van der Waals surface area contributed by atoms with Gasteiger partial charge in [0.1, 0.15) is 12.4 Å². The number of rotatable bonds is 4. The van der Waals surface area contributed by atoms with Crippen LogP contribution in [0.1, 0.15) is 40.2 Å². The summed E-state index contributed by atoms with van der Waals surface area (Å²) >= 11 is 0. The average molecular weight is 235 g/mol. The molecule has 1 rings (SSSR count). The molecule has 0 saturated heterocycles. The maximum absolute atomic E-state index is 5.94. The quantitative estimate of drug-likeness (QED) is 0.868. The van der Waals surface area contributed by atoms with Gasteiger partial charge in [0, 0.05) is 6.04 Å². The van der Waals surface area contributed by atoms with Crippen molar-refractivity contribution < 1.29 is 4.74 Å². The van der Waals surface area contributed by atoms with Gasteiger partial charge in [0.05, 0.1) is 0 Å². The van der Waals surface area contributed by atoms with E-state index in [2.05, 4.69) is 46.8 Å². The van der Waals surface area contributed by atoms with Gasteiger partial charge < -0.3 is 10.5 Å². The highest BCUT2D eigenvalue weighted by Crippen LogP contribution is 2.24. The first-order valence-electron chi connectivity index (χ1n) is 6.29. The first kappa shape index (κ1) is 14.0. The van der Waals surface area contributed by atoms with E-state index in [1.807, 2.05) is 12.1 Å². The van der Waals surface area contributed by atoms with Gasteiger partial charge in [-0.15, -0.1) is 0 Å². The topological polar surface area (TPSA) is 35.2 Å². The van der Waals surface area contributed by atoms with Gasteiger partial charge in [-0.3, -0.25) is 0 Å². The summed E-state index contributed by atoms with van der Waals surface area (Å²) in [6.45, 7) is 11.4. The number of hydrogen-bond donors (Lipinski definition) is 1. The van der Waals surface area contributed by atoms with E-state index in [0.717, 1.165) is 5.75 Å². The van der Waals surface area contributed by atoms with Gasteiger partial charge >= 0.3 is 0 Å². The van der Waals surface area contributed by atoms with E-state index in [-0.39, 0.29) is 11.5 Å². The van der Waals surface area contributed by atoms with Crippen LogP contribution in [-0.2, 0) is 5.41 Å². The van der Waals surface area contributed by atoms with Crippen molar-refractivity contribution in [1.29, 1.82) is 0 Å². The Balaban J connectivity index is 2.57. The number of nitrogens with two attached hydrogens (primary N) is 1. The Labute approximate surface area is 105 Å². The van der Waals surface area contributed by atoms with Crippen LogP contribution in [0.2, 0.25) is 0 Å². The first-order valence-corrected chi connectivity index (χ1v) is 6.29. The summed E-state index contributed by atoms with van der Waals surface area (Å²) in [5.41, 5.74) is 7.44. The standard InChI is InChI=1S/C15H25NO/c1-11(2)14(16)10-17-13-8-6-12(7-9-13)15(3,4)5/h6-9,11,14H,10,16H2,1-5H3. The van der Waals surface area contributed by atoms with Gasteiger partial charge in [-0.05, 0) is 29.0 Å². The highest BCUT2D eigenvalue weighted by atomic mass is 16.5. The summed E-state index contributed by atoms with van der Waals surface area (Å²) in [6.07, 6.45) is 0. The van der Waals surface area contributed by atoms with Crippen molar-refractivity contribution in [2.45, 2.75) is 46.1 Å². The summed E-state index contributed by atoms with van der Waals surface area (Å²) in [4.78, 5) is 0. The van der Waals surface area contributed by atoms with Crippen molar-refractivity contribution in [3.63, 3.8) is 0 Å². The fourth-order valence-electron chi connectivity index (χ4n) is 1.44. The Bertz CT molecular complexity index is 335. The van der Waals surface area contributed by atoms with Gasteiger partial charge in [-0.2, -0.15) is 0 Å². The lowest BCUT2D eigenvalue weighted by Gasteiger charge is -2.20. The van der Waals surface area contributed by atoms with Gasteiger partial charge in [0.25, 0.3) is 0 Å². The molecule has 2 nitrogen and oxygen atoms in total. The molecule has 2 N–H and O–H groups in total. The van der Waals surface area contributed by atoms with Crippen LogP contribution in [0.5, 0.6) is 5.75 Å². The number of benzene rings is 1. The Hall–Kier alpha value is -1.02. The third-order valence-electron chi connectivity index (χ3n) is 3.02. The molecule has 0 aliphatic heterocycles. The molecule has 0 aliphatic rings. The van der Waals surface area contributed by atoms with E-state index < -0.39 is 0 Å². The van der Waals surface area contributed by atoms with E-state index in [1.54, 1.807) is 0 Å². The van der Waals surface area contributed by atoms with E-state index >= 15 is 0 Å². The second-order valence-electron chi connectivity index (χ2n) is 5.99. The molecule has 0 heterocycles. The average Bonchev–Trinajstić information content (AvgIpc) is 2.25. The molecule has 2 heteroatoms. The second-order valence-corrected chi connectivity index (χ2v) is 5.99. The predicted molar refractivity (Wildman–Crippen MR) is 73.5 cm³/mol. The SMILES string of the molecule is CC(C)C(N)COc1ccc(C(C)(C)C)cc1. The summed E-state index contributed by atoms with van der Waals surface area (Å²) < 4.78 is 5.67. The zero-order chi connectivity index (χ0) is 13.1. The Morgan fingerprint density at radius 3 is 2.06 bits per heavy atom. The molecule has 1 atom stereocenters. The lowest BCUT2D eigenvalue weighted by molar-refractivity contribution is 0.259. The maximum atomic E-state index is 5.94. The van der Waals surface area contributed by atoms with Crippen molar-refractivity contribution in [2.24, 2.45) is 11.7 Å². The lowest BCUT2D eigenvalue weighted by atomic mass is 9.87. The molecule has 1 aromatic rings. The zero-order valence-corrected chi connectivity index (χ0v) is 11.7. The van der Waals surface area contributed by atoms with Crippen LogP contribution in [0.25, 0.3) is 0 Å². The smallest absolute Gasteiger partial charge is 0.119 e. The highest BCUT2D eigenvalue weighted by molar-refractivity contribution is 5.31. The molecular formula is C15H25NO. The Morgan fingerprint density at radius 1 is 1.12 bits per heavy atom. The molecule has 0 amide bonds. The van der Waals surface area contributed by atoms with Gasteiger partial charge in [-0.25, -0.2) is 0 Å². The molecule has 0 aromatic heterocycles. The van der Waals surface area contributed by atoms with Crippen molar-refractivity contribution in [3.8, 4) is 5.75 Å². The normalized spacial score (nSPS) is 13.8. The van der Waals surface area contributed by atoms with Crippen LogP contribution >= 0.6 is 0 Å². The van der Waals surface area contributed by atoms with Crippen LogP contribution in [0, 0.1) is 5.92 Å². The minimum absolute atomic E-state index is 0.0947. The fraction of sp³-hybridized carbons (Fsp3) is 0.600. The molecule has 0 spiro atoms. The highest BCUT2D eigenvalue weighted by Gasteiger charge is 2.13. The number of ether oxygens (including phenoxy) is 1. The Kier molecular flexibility index (Phi) is 4.58. The van der Waals surface area contributed by atoms with Gasteiger partial charge in [0.15, 0.2) is 0 Å². The summed E-state index contributed by atoms with van der Waals surface area (Å²) in [5, 5.41) is 0. The monoisotopic (exact) mass is 235 g/mol.